The Balaban J connectivity index is 2.12. The second kappa shape index (κ2) is 5.54. The molecule has 0 aliphatic rings. The van der Waals surface area contributed by atoms with Crippen molar-refractivity contribution in [2.24, 2.45) is 0 Å². The molecule has 2 rings (SSSR count). The van der Waals surface area contributed by atoms with Crippen molar-refractivity contribution < 1.29 is 4.79 Å². The second-order valence-electron chi connectivity index (χ2n) is 4.44. The molecule has 0 bridgehead atoms. The fourth-order valence-electron chi connectivity index (χ4n) is 1.95. The summed E-state index contributed by atoms with van der Waals surface area (Å²) in [7, 11) is 0. The highest BCUT2D eigenvalue weighted by molar-refractivity contribution is 5.72. The molecule has 0 radical (unpaired) electrons. The first-order valence-electron chi connectivity index (χ1n) is 6.13. The number of aryl methyl sites for hydroxylation is 1. The van der Waals surface area contributed by atoms with Crippen LogP contribution in [0.5, 0.6) is 0 Å². The minimum Gasteiger partial charge on any atom is -0.355 e. The van der Waals surface area contributed by atoms with Crippen molar-refractivity contribution in [3.63, 3.8) is 0 Å². The largest absolute Gasteiger partial charge is 0.355 e. The van der Waals surface area contributed by atoms with Crippen LogP contribution < -0.4 is 5.32 Å². The Bertz CT molecular complexity index is 526. The van der Waals surface area contributed by atoms with Crippen molar-refractivity contribution in [1.29, 1.82) is 0 Å². The first-order valence-corrected chi connectivity index (χ1v) is 6.13. The third-order valence-electron chi connectivity index (χ3n) is 2.90. The molecule has 0 atom stereocenters. The normalized spacial score (nSPS) is 10.3. The zero-order chi connectivity index (χ0) is 13.0. The van der Waals surface area contributed by atoms with Crippen LogP contribution >= 0.6 is 0 Å². The maximum Gasteiger partial charge on any atom is 0.216 e. The van der Waals surface area contributed by atoms with Gasteiger partial charge in [0.15, 0.2) is 0 Å². The Morgan fingerprint density at radius 1 is 1.22 bits per heavy atom. The van der Waals surface area contributed by atoms with Crippen LogP contribution in [0.4, 0.5) is 0 Å². The number of carbonyl (C=O) groups is 1. The topological polar surface area (TPSA) is 34.0 Å². The molecule has 2 aromatic rings. The molecule has 0 aliphatic carbocycles. The molecular weight excluding hydrogens is 224 g/mol. The van der Waals surface area contributed by atoms with E-state index in [-0.39, 0.29) is 5.91 Å². The Morgan fingerprint density at radius 2 is 1.94 bits per heavy atom. The number of nitrogens with zero attached hydrogens (tertiary/aromatic N) is 1. The van der Waals surface area contributed by atoms with Crippen molar-refractivity contribution in [3.8, 4) is 11.3 Å². The number of nitrogens with one attached hydrogen (secondary N) is 1. The number of amides is 1. The highest BCUT2D eigenvalue weighted by Gasteiger charge is 2.03. The van der Waals surface area contributed by atoms with Gasteiger partial charge in [-0.05, 0) is 24.6 Å². The Morgan fingerprint density at radius 3 is 2.61 bits per heavy atom. The summed E-state index contributed by atoms with van der Waals surface area (Å²) >= 11 is 0. The predicted molar refractivity (Wildman–Crippen MR) is 73.3 cm³/mol. The van der Waals surface area contributed by atoms with Crippen LogP contribution in [0.3, 0.4) is 0 Å². The summed E-state index contributed by atoms with van der Waals surface area (Å²) in [5.74, 6) is 0.0130. The average molecular weight is 242 g/mol. The number of aromatic nitrogens is 1. The third-order valence-corrected chi connectivity index (χ3v) is 2.90. The van der Waals surface area contributed by atoms with E-state index in [2.05, 4.69) is 47.1 Å². The van der Waals surface area contributed by atoms with Gasteiger partial charge in [0.2, 0.25) is 5.91 Å². The van der Waals surface area contributed by atoms with Gasteiger partial charge in [0.05, 0.1) is 0 Å². The van der Waals surface area contributed by atoms with Gasteiger partial charge >= 0.3 is 0 Å². The summed E-state index contributed by atoms with van der Waals surface area (Å²) in [6.45, 7) is 5.06. The molecule has 1 heterocycles. The lowest BCUT2D eigenvalue weighted by Crippen LogP contribution is -2.24. The minimum atomic E-state index is 0.0130. The predicted octanol–water partition coefficient (Wildman–Crippen LogP) is 2.60. The van der Waals surface area contributed by atoms with E-state index in [1.54, 1.807) is 0 Å². The van der Waals surface area contributed by atoms with Crippen molar-refractivity contribution in [3.05, 3.63) is 48.2 Å². The molecule has 0 saturated heterocycles. The molecule has 1 amide bonds. The summed E-state index contributed by atoms with van der Waals surface area (Å²) in [5, 5.41) is 2.81. The lowest BCUT2D eigenvalue weighted by Gasteiger charge is -2.10. The van der Waals surface area contributed by atoms with Crippen LogP contribution in [0.15, 0.2) is 42.6 Å². The monoisotopic (exact) mass is 242 g/mol. The van der Waals surface area contributed by atoms with E-state index in [4.69, 9.17) is 0 Å². The van der Waals surface area contributed by atoms with E-state index in [1.807, 2.05) is 12.3 Å². The molecule has 94 valence electrons. The highest BCUT2D eigenvalue weighted by Crippen LogP contribution is 2.20. The summed E-state index contributed by atoms with van der Waals surface area (Å²) in [6.07, 6.45) is 2.04. The summed E-state index contributed by atoms with van der Waals surface area (Å²) in [6, 6.07) is 12.6. The molecule has 1 N–H and O–H groups in total. The Labute approximate surface area is 107 Å². The van der Waals surface area contributed by atoms with E-state index >= 15 is 0 Å². The highest BCUT2D eigenvalue weighted by atomic mass is 16.1. The average Bonchev–Trinajstić information content (AvgIpc) is 2.78. The molecule has 0 saturated carbocycles. The molecule has 3 nitrogen and oxygen atoms in total. The zero-order valence-corrected chi connectivity index (χ0v) is 10.8. The van der Waals surface area contributed by atoms with E-state index in [0.717, 1.165) is 6.54 Å². The summed E-state index contributed by atoms with van der Waals surface area (Å²) in [5.41, 5.74) is 3.64. The molecule has 1 aromatic carbocycles. The van der Waals surface area contributed by atoms with Crippen LogP contribution in [0.2, 0.25) is 0 Å². The molecule has 1 aromatic heterocycles. The Kier molecular flexibility index (Phi) is 3.82. The van der Waals surface area contributed by atoms with Crippen LogP contribution in [-0.4, -0.2) is 17.0 Å². The summed E-state index contributed by atoms with van der Waals surface area (Å²) in [4.78, 5) is 10.8. The van der Waals surface area contributed by atoms with Crippen LogP contribution in [0.1, 0.15) is 12.5 Å². The Hall–Kier alpha value is -2.03. The number of hydrogen-bond acceptors (Lipinski definition) is 1. The minimum absolute atomic E-state index is 0.0130. The SMILES string of the molecule is CC(=O)NCCn1cccc1-c1ccc(C)cc1. The van der Waals surface area contributed by atoms with Crippen molar-refractivity contribution in [1.82, 2.24) is 9.88 Å². The van der Waals surface area contributed by atoms with Gasteiger partial charge in [-0.1, -0.05) is 29.8 Å². The van der Waals surface area contributed by atoms with Crippen molar-refractivity contribution >= 4 is 5.91 Å². The standard InChI is InChI=1S/C15H18N2O/c1-12-5-7-14(8-6-12)15-4-3-10-17(15)11-9-16-13(2)18/h3-8,10H,9,11H2,1-2H3,(H,16,18). The van der Waals surface area contributed by atoms with Gasteiger partial charge in [-0.15, -0.1) is 0 Å². The number of carbonyl (C=O) groups excluding carboxylic acids is 1. The zero-order valence-electron chi connectivity index (χ0n) is 10.8. The van der Waals surface area contributed by atoms with Gasteiger partial charge in [-0.3, -0.25) is 4.79 Å². The molecule has 0 fully saturated rings. The lowest BCUT2D eigenvalue weighted by molar-refractivity contribution is -0.118. The van der Waals surface area contributed by atoms with Crippen LogP contribution in [0.25, 0.3) is 11.3 Å². The molecule has 0 unspecified atom stereocenters. The fraction of sp³-hybridized carbons (Fsp3) is 0.267. The maximum atomic E-state index is 10.8. The van der Waals surface area contributed by atoms with Gasteiger partial charge in [0.25, 0.3) is 0 Å². The van der Waals surface area contributed by atoms with E-state index < -0.39 is 0 Å². The quantitative estimate of drug-likeness (QED) is 0.878. The lowest BCUT2D eigenvalue weighted by atomic mass is 10.1. The smallest absolute Gasteiger partial charge is 0.216 e. The van der Waals surface area contributed by atoms with E-state index in [1.165, 1.54) is 23.7 Å². The van der Waals surface area contributed by atoms with Gasteiger partial charge in [0, 0.05) is 31.9 Å². The number of hydrogen-bond donors (Lipinski definition) is 1. The second-order valence-corrected chi connectivity index (χ2v) is 4.44. The summed E-state index contributed by atoms with van der Waals surface area (Å²) < 4.78 is 2.15. The van der Waals surface area contributed by atoms with Crippen molar-refractivity contribution in [2.75, 3.05) is 6.54 Å². The van der Waals surface area contributed by atoms with Crippen LogP contribution in [0, 0.1) is 6.92 Å². The van der Waals surface area contributed by atoms with Gasteiger partial charge in [-0.25, -0.2) is 0 Å². The maximum absolute atomic E-state index is 10.8. The molecular formula is C15H18N2O. The third kappa shape index (κ3) is 3.00. The number of rotatable bonds is 4. The molecule has 0 spiro atoms. The van der Waals surface area contributed by atoms with Crippen LogP contribution in [-0.2, 0) is 11.3 Å². The van der Waals surface area contributed by atoms with Gasteiger partial charge in [0.1, 0.15) is 0 Å². The number of benzene rings is 1. The molecule has 0 aliphatic heterocycles. The molecule has 18 heavy (non-hydrogen) atoms. The van der Waals surface area contributed by atoms with Gasteiger partial charge < -0.3 is 9.88 Å². The molecule has 3 heteroatoms. The van der Waals surface area contributed by atoms with Crippen molar-refractivity contribution in [2.45, 2.75) is 20.4 Å². The van der Waals surface area contributed by atoms with E-state index in [0.29, 0.717) is 6.54 Å². The fourth-order valence-corrected chi connectivity index (χ4v) is 1.95. The van der Waals surface area contributed by atoms with E-state index in [9.17, 15) is 4.79 Å². The van der Waals surface area contributed by atoms with Gasteiger partial charge in [-0.2, -0.15) is 0 Å². The first-order chi connectivity index (χ1) is 8.66. The first kappa shape index (κ1) is 12.4.